The average Bonchev–Trinajstić information content (AvgIpc) is 2.32. The van der Waals surface area contributed by atoms with Crippen LogP contribution >= 0.6 is 0 Å². The summed E-state index contributed by atoms with van der Waals surface area (Å²) >= 11 is 0. The summed E-state index contributed by atoms with van der Waals surface area (Å²) in [5.41, 5.74) is 0.640. The standard InChI is InChI=1S/C13H17F2NO/c14-13(15)11-8-10(1-2-12(11)17)7-9-3-5-16-6-4-9/h1-2,8-9,13,16-17H,3-7H2. The van der Waals surface area contributed by atoms with Gasteiger partial charge in [-0.1, -0.05) is 6.07 Å². The summed E-state index contributed by atoms with van der Waals surface area (Å²) in [4.78, 5) is 0. The van der Waals surface area contributed by atoms with Crippen molar-refractivity contribution in [2.45, 2.75) is 25.7 Å². The molecule has 1 aromatic carbocycles. The number of nitrogens with one attached hydrogen (secondary N) is 1. The highest BCUT2D eigenvalue weighted by Gasteiger charge is 2.17. The van der Waals surface area contributed by atoms with Crippen LogP contribution in [-0.4, -0.2) is 18.2 Å². The molecule has 17 heavy (non-hydrogen) atoms. The molecule has 0 saturated carbocycles. The monoisotopic (exact) mass is 241 g/mol. The quantitative estimate of drug-likeness (QED) is 0.852. The summed E-state index contributed by atoms with van der Waals surface area (Å²) in [5.74, 6) is 0.250. The maximum absolute atomic E-state index is 12.6. The summed E-state index contributed by atoms with van der Waals surface area (Å²) in [6, 6.07) is 4.54. The molecule has 0 atom stereocenters. The first-order valence-electron chi connectivity index (χ1n) is 5.97. The molecule has 1 fully saturated rings. The van der Waals surface area contributed by atoms with Crippen LogP contribution in [0.1, 0.15) is 30.4 Å². The van der Waals surface area contributed by atoms with E-state index in [9.17, 15) is 13.9 Å². The van der Waals surface area contributed by atoms with Gasteiger partial charge in [-0.25, -0.2) is 8.78 Å². The number of benzene rings is 1. The predicted molar refractivity (Wildman–Crippen MR) is 62.4 cm³/mol. The summed E-state index contributed by atoms with van der Waals surface area (Å²) < 4.78 is 25.2. The molecule has 0 radical (unpaired) electrons. The second-order valence-corrected chi connectivity index (χ2v) is 4.59. The Morgan fingerprint density at radius 1 is 1.29 bits per heavy atom. The molecule has 2 nitrogen and oxygen atoms in total. The molecule has 2 rings (SSSR count). The minimum atomic E-state index is -2.61. The van der Waals surface area contributed by atoms with E-state index in [0.29, 0.717) is 5.92 Å². The van der Waals surface area contributed by atoms with Crippen molar-refractivity contribution in [2.24, 2.45) is 5.92 Å². The molecular formula is C13H17F2NO. The molecule has 0 aliphatic carbocycles. The molecule has 0 amide bonds. The molecule has 4 heteroatoms. The zero-order valence-corrected chi connectivity index (χ0v) is 9.63. The molecule has 1 saturated heterocycles. The maximum atomic E-state index is 12.6. The van der Waals surface area contributed by atoms with E-state index in [4.69, 9.17) is 0 Å². The van der Waals surface area contributed by atoms with Crippen molar-refractivity contribution < 1.29 is 13.9 Å². The lowest BCUT2D eigenvalue weighted by atomic mass is 9.90. The third-order valence-corrected chi connectivity index (χ3v) is 3.31. The number of halogens is 2. The van der Waals surface area contributed by atoms with Gasteiger partial charge in [0.25, 0.3) is 6.43 Å². The van der Waals surface area contributed by atoms with E-state index in [2.05, 4.69) is 5.32 Å². The third-order valence-electron chi connectivity index (χ3n) is 3.31. The normalized spacial score (nSPS) is 17.6. The molecule has 1 aliphatic heterocycles. The van der Waals surface area contributed by atoms with Gasteiger partial charge in [0.05, 0.1) is 5.56 Å². The van der Waals surface area contributed by atoms with Gasteiger partial charge in [-0.3, -0.25) is 0 Å². The van der Waals surface area contributed by atoms with Crippen LogP contribution in [-0.2, 0) is 6.42 Å². The lowest BCUT2D eigenvalue weighted by Gasteiger charge is -2.22. The molecule has 1 aromatic rings. The van der Waals surface area contributed by atoms with Crippen molar-refractivity contribution in [1.82, 2.24) is 5.32 Å². The van der Waals surface area contributed by atoms with Crippen molar-refractivity contribution in [3.8, 4) is 5.75 Å². The number of phenols is 1. The van der Waals surface area contributed by atoms with Gasteiger partial charge < -0.3 is 10.4 Å². The SMILES string of the molecule is Oc1ccc(CC2CCNCC2)cc1C(F)F. The number of alkyl halides is 2. The molecule has 0 bridgehead atoms. The lowest BCUT2D eigenvalue weighted by Crippen LogP contribution is -2.28. The van der Waals surface area contributed by atoms with Gasteiger partial charge in [0.1, 0.15) is 5.75 Å². The van der Waals surface area contributed by atoms with Crippen molar-refractivity contribution >= 4 is 0 Å². The van der Waals surface area contributed by atoms with Gasteiger partial charge in [0.2, 0.25) is 0 Å². The van der Waals surface area contributed by atoms with E-state index in [1.165, 1.54) is 12.1 Å². The lowest BCUT2D eigenvalue weighted by molar-refractivity contribution is 0.147. The van der Waals surface area contributed by atoms with Crippen LogP contribution in [0, 0.1) is 5.92 Å². The first-order valence-corrected chi connectivity index (χ1v) is 5.97. The van der Waals surface area contributed by atoms with Crippen LogP contribution in [0.25, 0.3) is 0 Å². The zero-order valence-electron chi connectivity index (χ0n) is 9.63. The fraction of sp³-hybridized carbons (Fsp3) is 0.538. The van der Waals surface area contributed by atoms with E-state index >= 15 is 0 Å². The Morgan fingerprint density at radius 2 is 2.00 bits per heavy atom. The van der Waals surface area contributed by atoms with Gasteiger partial charge in [-0.05, 0) is 56.0 Å². The minimum Gasteiger partial charge on any atom is -0.507 e. The smallest absolute Gasteiger partial charge is 0.267 e. The first kappa shape index (κ1) is 12.3. The Morgan fingerprint density at radius 3 is 2.65 bits per heavy atom. The Balaban J connectivity index is 2.07. The van der Waals surface area contributed by atoms with Crippen LogP contribution in [0.4, 0.5) is 8.78 Å². The summed E-state index contributed by atoms with van der Waals surface area (Å²) in [6.07, 6.45) is 0.389. The maximum Gasteiger partial charge on any atom is 0.267 e. The molecule has 1 heterocycles. The summed E-state index contributed by atoms with van der Waals surface area (Å²) in [7, 11) is 0. The Labute approximate surface area is 99.7 Å². The average molecular weight is 241 g/mol. The van der Waals surface area contributed by atoms with Gasteiger partial charge in [-0.2, -0.15) is 0 Å². The van der Waals surface area contributed by atoms with Gasteiger partial charge >= 0.3 is 0 Å². The number of hydrogen-bond acceptors (Lipinski definition) is 2. The summed E-state index contributed by atoms with van der Waals surface area (Å²) in [5, 5.41) is 12.6. The Hall–Kier alpha value is -1.16. The molecule has 0 aromatic heterocycles. The molecule has 0 unspecified atom stereocenters. The fourth-order valence-electron chi connectivity index (χ4n) is 2.32. The second-order valence-electron chi connectivity index (χ2n) is 4.59. The topological polar surface area (TPSA) is 32.3 Å². The second kappa shape index (κ2) is 5.45. The third kappa shape index (κ3) is 3.16. The highest BCUT2D eigenvalue weighted by Crippen LogP contribution is 2.30. The minimum absolute atomic E-state index is 0.253. The van der Waals surface area contributed by atoms with E-state index in [-0.39, 0.29) is 11.3 Å². The zero-order chi connectivity index (χ0) is 12.3. The number of rotatable bonds is 3. The van der Waals surface area contributed by atoms with Crippen molar-refractivity contribution in [2.75, 3.05) is 13.1 Å². The van der Waals surface area contributed by atoms with Gasteiger partial charge in [-0.15, -0.1) is 0 Å². The summed E-state index contributed by atoms with van der Waals surface area (Å²) in [6.45, 7) is 2.01. The van der Waals surface area contributed by atoms with E-state index < -0.39 is 6.43 Å². The highest BCUT2D eigenvalue weighted by atomic mass is 19.3. The Bertz CT molecular complexity index is 376. The van der Waals surface area contributed by atoms with Gasteiger partial charge in [0, 0.05) is 0 Å². The largest absolute Gasteiger partial charge is 0.507 e. The molecule has 1 aliphatic rings. The van der Waals surface area contributed by atoms with Crippen LogP contribution < -0.4 is 5.32 Å². The first-order chi connectivity index (χ1) is 8.16. The fourth-order valence-corrected chi connectivity index (χ4v) is 2.32. The van der Waals surface area contributed by atoms with Crippen molar-refractivity contribution in [3.63, 3.8) is 0 Å². The predicted octanol–water partition coefficient (Wildman–Crippen LogP) is 2.87. The molecule has 0 spiro atoms. The van der Waals surface area contributed by atoms with Crippen LogP contribution in [0.5, 0.6) is 5.75 Å². The molecular weight excluding hydrogens is 224 g/mol. The highest BCUT2D eigenvalue weighted by molar-refractivity contribution is 5.37. The van der Waals surface area contributed by atoms with Crippen LogP contribution in [0.2, 0.25) is 0 Å². The molecule has 2 N–H and O–H groups in total. The Kier molecular flexibility index (Phi) is 3.94. The van der Waals surface area contributed by atoms with E-state index in [1.54, 1.807) is 6.07 Å². The van der Waals surface area contributed by atoms with Crippen molar-refractivity contribution in [1.29, 1.82) is 0 Å². The number of phenolic OH excluding ortho intramolecular Hbond substituents is 1. The van der Waals surface area contributed by atoms with E-state index in [0.717, 1.165) is 37.9 Å². The molecule has 94 valence electrons. The number of aromatic hydroxyl groups is 1. The van der Waals surface area contributed by atoms with Crippen LogP contribution in [0.3, 0.4) is 0 Å². The van der Waals surface area contributed by atoms with E-state index in [1.807, 2.05) is 0 Å². The number of hydrogen-bond donors (Lipinski definition) is 2. The van der Waals surface area contributed by atoms with Crippen LogP contribution in [0.15, 0.2) is 18.2 Å². The van der Waals surface area contributed by atoms with Crippen molar-refractivity contribution in [3.05, 3.63) is 29.3 Å². The van der Waals surface area contributed by atoms with Gasteiger partial charge in [0.15, 0.2) is 0 Å². The number of piperidine rings is 1.